The summed E-state index contributed by atoms with van der Waals surface area (Å²) in [5.74, 6) is -1.30. The van der Waals surface area contributed by atoms with Crippen LogP contribution in [0.3, 0.4) is 0 Å². The molecule has 0 aromatic heterocycles. The SMILES string of the molecule is O=C(NC[C@H](O)Cc1ccc(F)cc1F)C1CC1. The van der Waals surface area contributed by atoms with E-state index >= 15 is 0 Å². The van der Waals surface area contributed by atoms with Crippen molar-refractivity contribution in [1.29, 1.82) is 0 Å². The number of hydrogen-bond acceptors (Lipinski definition) is 2. The average Bonchev–Trinajstić information content (AvgIpc) is 3.14. The Morgan fingerprint density at radius 1 is 1.44 bits per heavy atom. The lowest BCUT2D eigenvalue weighted by atomic mass is 10.1. The van der Waals surface area contributed by atoms with Crippen LogP contribution in [-0.4, -0.2) is 23.7 Å². The summed E-state index contributed by atoms with van der Waals surface area (Å²) in [4.78, 5) is 11.3. The molecule has 1 fully saturated rings. The Bertz CT molecular complexity index is 447. The number of halogens is 2. The minimum atomic E-state index is -0.868. The summed E-state index contributed by atoms with van der Waals surface area (Å²) in [6.45, 7) is 0.0894. The zero-order valence-electron chi connectivity index (χ0n) is 9.83. The third-order valence-corrected chi connectivity index (χ3v) is 2.93. The number of amides is 1. The number of hydrogen-bond donors (Lipinski definition) is 2. The Labute approximate surface area is 104 Å². The largest absolute Gasteiger partial charge is 0.391 e. The molecular weight excluding hydrogens is 240 g/mol. The molecule has 0 bridgehead atoms. The topological polar surface area (TPSA) is 49.3 Å². The molecule has 0 spiro atoms. The molecule has 1 aliphatic carbocycles. The number of rotatable bonds is 5. The van der Waals surface area contributed by atoms with E-state index in [4.69, 9.17) is 0 Å². The maximum Gasteiger partial charge on any atom is 0.223 e. The van der Waals surface area contributed by atoms with Gasteiger partial charge in [0.15, 0.2) is 0 Å². The van der Waals surface area contributed by atoms with Crippen molar-refractivity contribution in [3.05, 3.63) is 35.4 Å². The zero-order valence-corrected chi connectivity index (χ0v) is 9.83. The minimum absolute atomic E-state index is 0.0526. The van der Waals surface area contributed by atoms with E-state index in [0.717, 1.165) is 25.0 Å². The lowest BCUT2D eigenvalue weighted by Gasteiger charge is -2.12. The first-order chi connectivity index (χ1) is 8.56. The van der Waals surface area contributed by atoms with Gasteiger partial charge in [-0.2, -0.15) is 0 Å². The Kier molecular flexibility index (Phi) is 3.91. The molecule has 0 radical (unpaired) electrons. The number of carbonyl (C=O) groups excluding carboxylic acids is 1. The monoisotopic (exact) mass is 255 g/mol. The van der Waals surface area contributed by atoms with E-state index in [-0.39, 0.29) is 30.4 Å². The predicted octanol–water partition coefficient (Wildman–Crippen LogP) is 1.39. The van der Waals surface area contributed by atoms with E-state index in [0.29, 0.717) is 0 Å². The normalized spacial score (nSPS) is 16.4. The molecule has 1 amide bonds. The molecule has 2 rings (SSSR count). The van der Waals surface area contributed by atoms with Crippen LogP contribution >= 0.6 is 0 Å². The van der Waals surface area contributed by atoms with Crippen LogP contribution in [0.2, 0.25) is 0 Å². The van der Waals surface area contributed by atoms with Crippen LogP contribution < -0.4 is 5.32 Å². The molecular formula is C13H15F2NO2. The molecule has 1 atom stereocenters. The Hall–Kier alpha value is -1.49. The molecule has 5 heteroatoms. The highest BCUT2D eigenvalue weighted by molar-refractivity contribution is 5.80. The van der Waals surface area contributed by atoms with Crippen molar-refractivity contribution in [1.82, 2.24) is 5.32 Å². The van der Waals surface area contributed by atoms with Gasteiger partial charge in [-0.25, -0.2) is 8.78 Å². The minimum Gasteiger partial charge on any atom is -0.391 e. The van der Waals surface area contributed by atoms with Crippen LogP contribution in [-0.2, 0) is 11.2 Å². The van der Waals surface area contributed by atoms with Gasteiger partial charge in [-0.1, -0.05) is 6.07 Å². The quantitative estimate of drug-likeness (QED) is 0.835. The highest BCUT2D eigenvalue weighted by Gasteiger charge is 2.29. The van der Waals surface area contributed by atoms with Crippen LogP contribution in [0.15, 0.2) is 18.2 Å². The van der Waals surface area contributed by atoms with E-state index < -0.39 is 17.7 Å². The molecule has 0 heterocycles. The van der Waals surface area contributed by atoms with E-state index in [9.17, 15) is 18.7 Å². The Morgan fingerprint density at radius 2 is 2.17 bits per heavy atom. The van der Waals surface area contributed by atoms with Crippen molar-refractivity contribution in [2.45, 2.75) is 25.4 Å². The summed E-state index contributed by atoms with van der Waals surface area (Å²) in [6.07, 6.45) is 0.979. The summed E-state index contributed by atoms with van der Waals surface area (Å²) in [5.41, 5.74) is 0.240. The van der Waals surface area contributed by atoms with Gasteiger partial charge < -0.3 is 10.4 Å². The van der Waals surface area contributed by atoms with Gasteiger partial charge in [-0.15, -0.1) is 0 Å². The van der Waals surface area contributed by atoms with E-state index in [1.807, 2.05) is 0 Å². The highest BCUT2D eigenvalue weighted by Crippen LogP contribution is 2.28. The van der Waals surface area contributed by atoms with Crippen LogP contribution in [0.1, 0.15) is 18.4 Å². The van der Waals surface area contributed by atoms with Crippen LogP contribution in [0.25, 0.3) is 0 Å². The van der Waals surface area contributed by atoms with Gasteiger partial charge >= 0.3 is 0 Å². The smallest absolute Gasteiger partial charge is 0.223 e. The van der Waals surface area contributed by atoms with Crippen molar-refractivity contribution in [2.75, 3.05) is 6.54 Å². The van der Waals surface area contributed by atoms with Gasteiger partial charge in [0.05, 0.1) is 6.10 Å². The van der Waals surface area contributed by atoms with Gasteiger partial charge in [0.1, 0.15) is 11.6 Å². The summed E-state index contributed by atoms with van der Waals surface area (Å²) < 4.78 is 26.0. The second-order valence-electron chi connectivity index (χ2n) is 4.61. The number of benzene rings is 1. The second kappa shape index (κ2) is 5.44. The predicted molar refractivity (Wildman–Crippen MR) is 61.8 cm³/mol. The third kappa shape index (κ3) is 3.50. The van der Waals surface area contributed by atoms with Gasteiger partial charge in [-0.05, 0) is 24.5 Å². The number of aliphatic hydroxyl groups is 1. The summed E-state index contributed by atoms with van der Waals surface area (Å²) in [5, 5.41) is 12.3. The van der Waals surface area contributed by atoms with Gasteiger partial charge in [0.25, 0.3) is 0 Å². The molecule has 0 unspecified atom stereocenters. The molecule has 98 valence electrons. The Morgan fingerprint density at radius 3 is 2.78 bits per heavy atom. The lowest BCUT2D eigenvalue weighted by Crippen LogP contribution is -2.34. The zero-order chi connectivity index (χ0) is 13.1. The first kappa shape index (κ1) is 13.0. The molecule has 0 saturated heterocycles. The first-order valence-corrected chi connectivity index (χ1v) is 5.96. The molecule has 1 aromatic rings. The molecule has 1 aliphatic rings. The fraction of sp³-hybridized carbons (Fsp3) is 0.462. The number of nitrogens with one attached hydrogen (secondary N) is 1. The average molecular weight is 255 g/mol. The molecule has 18 heavy (non-hydrogen) atoms. The molecule has 1 aromatic carbocycles. The van der Waals surface area contributed by atoms with Crippen molar-refractivity contribution in [2.24, 2.45) is 5.92 Å². The van der Waals surface area contributed by atoms with Crippen molar-refractivity contribution < 1.29 is 18.7 Å². The fourth-order valence-electron chi connectivity index (χ4n) is 1.72. The van der Waals surface area contributed by atoms with E-state index in [1.54, 1.807) is 0 Å². The fourth-order valence-corrected chi connectivity index (χ4v) is 1.72. The van der Waals surface area contributed by atoms with Crippen LogP contribution in [0, 0.1) is 17.6 Å². The molecule has 3 nitrogen and oxygen atoms in total. The lowest BCUT2D eigenvalue weighted by molar-refractivity contribution is -0.122. The van der Waals surface area contributed by atoms with Crippen molar-refractivity contribution >= 4 is 5.91 Å². The van der Waals surface area contributed by atoms with Crippen LogP contribution in [0.4, 0.5) is 8.78 Å². The molecule has 0 aliphatic heterocycles. The number of aliphatic hydroxyl groups excluding tert-OH is 1. The maximum atomic E-state index is 13.3. The third-order valence-electron chi connectivity index (χ3n) is 2.93. The van der Waals surface area contributed by atoms with E-state index in [2.05, 4.69) is 5.32 Å². The van der Waals surface area contributed by atoms with Gasteiger partial charge in [0, 0.05) is 24.9 Å². The Balaban J connectivity index is 1.82. The van der Waals surface area contributed by atoms with Gasteiger partial charge in [-0.3, -0.25) is 4.79 Å². The second-order valence-corrected chi connectivity index (χ2v) is 4.61. The molecule has 2 N–H and O–H groups in total. The summed E-state index contributed by atoms with van der Waals surface area (Å²) in [6, 6.07) is 3.23. The molecule has 1 saturated carbocycles. The van der Waals surface area contributed by atoms with Gasteiger partial charge in [0.2, 0.25) is 5.91 Å². The number of carbonyl (C=O) groups is 1. The standard InChI is InChI=1S/C13H15F2NO2/c14-10-4-3-9(12(15)6-10)5-11(17)7-16-13(18)8-1-2-8/h3-4,6,8,11,17H,1-2,5,7H2,(H,16,18)/t11-/m1/s1. The first-order valence-electron chi connectivity index (χ1n) is 5.96. The summed E-state index contributed by atoms with van der Waals surface area (Å²) in [7, 11) is 0. The summed E-state index contributed by atoms with van der Waals surface area (Å²) >= 11 is 0. The van der Waals surface area contributed by atoms with Crippen molar-refractivity contribution in [3.63, 3.8) is 0 Å². The van der Waals surface area contributed by atoms with Crippen LogP contribution in [0.5, 0.6) is 0 Å². The van der Waals surface area contributed by atoms with E-state index in [1.165, 1.54) is 6.07 Å². The highest BCUT2D eigenvalue weighted by atomic mass is 19.1. The maximum absolute atomic E-state index is 13.3. The van der Waals surface area contributed by atoms with Crippen molar-refractivity contribution in [3.8, 4) is 0 Å².